The summed E-state index contributed by atoms with van der Waals surface area (Å²) in [5.74, 6) is 1.46. The maximum atomic E-state index is 12.2. The smallest absolute Gasteiger partial charge is 0.363 e. The number of para-hydroxylation sites is 1. The molecule has 0 bridgehead atoms. The zero-order chi connectivity index (χ0) is 17.8. The van der Waals surface area contributed by atoms with E-state index in [-0.39, 0.29) is 11.6 Å². The van der Waals surface area contributed by atoms with Gasteiger partial charge in [-0.2, -0.15) is 0 Å². The lowest BCUT2D eigenvalue weighted by molar-refractivity contribution is -0.129. The highest BCUT2D eigenvalue weighted by Crippen LogP contribution is 2.33. The standard InChI is InChI=1S/C19H17NO5/c1-22-14-8-4-7-13(10-14)18-20-15(19(21)25-18)11-12-6-5-9-16(23-2)17(12)24-3/h4-11H,1-3H3. The van der Waals surface area contributed by atoms with E-state index in [1.807, 2.05) is 0 Å². The van der Waals surface area contributed by atoms with E-state index in [4.69, 9.17) is 18.9 Å². The summed E-state index contributed by atoms with van der Waals surface area (Å²) in [6, 6.07) is 12.5. The molecule has 1 aliphatic heterocycles. The number of cyclic esters (lactones) is 1. The van der Waals surface area contributed by atoms with Crippen LogP contribution in [0.15, 0.2) is 53.2 Å². The normalized spacial score (nSPS) is 14.9. The lowest BCUT2D eigenvalue weighted by Crippen LogP contribution is -2.05. The van der Waals surface area contributed by atoms with Crippen molar-refractivity contribution in [2.75, 3.05) is 21.3 Å². The third kappa shape index (κ3) is 3.33. The number of carbonyl (C=O) groups is 1. The van der Waals surface area contributed by atoms with E-state index in [1.54, 1.807) is 62.8 Å². The predicted octanol–water partition coefficient (Wildman–Crippen LogP) is 3.06. The minimum atomic E-state index is -0.525. The van der Waals surface area contributed by atoms with Crippen molar-refractivity contribution in [3.63, 3.8) is 0 Å². The molecule has 0 N–H and O–H groups in total. The average molecular weight is 339 g/mol. The van der Waals surface area contributed by atoms with Crippen molar-refractivity contribution in [2.24, 2.45) is 4.99 Å². The first-order chi connectivity index (χ1) is 12.2. The number of aliphatic imine (C=N–C) groups is 1. The number of hydrogen-bond acceptors (Lipinski definition) is 6. The Bertz CT molecular complexity index is 870. The van der Waals surface area contributed by atoms with E-state index < -0.39 is 5.97 Å². The molecule has 0 radical (unpaired) electrons. The summed E-state index contributed by atoms with van der Waals surface area (Å²) in [6.45, 7) is 0. The lowest BCUT2D eigenvalue weighted by atomic mass is 10.1. The van der Waals surface area contributed by atoms with Gasteiger partial charge in [0.25, 0.3) is 0 Å². The van der Waals surface area contributed by atoms with Crippen molar-refractivity contribution < 1.29 is 23.7 Å². The Morgan fingerprint density at radius 2 is 1.80 bits per heavy atom. The monoisotopic (exact) mass is 339 g/mol. The number of hydrogen-bond donors (Lipinski definition) is 0. The van der Waals surface area contributed by atoms with E-state index in [9.17, 15) is 4.79 Å². The van der Waals surface area contributed by atoms with E-state index in [1.165, 1.54) is 7.11 Å². The highest BCUT2D eigenvalue weighted by atomic mass is 16.6. The number of nitrogens with zero attached hydrogens (tertiary/aromatic N) is 1. The Morgan fingerprint density at radius 1 is 1.00 bits per heavy atom. The van der Waals surface area contributed by atoms with Crippen LogP contribution < -0.4 is 14.2 Å². The summed E-state index contributed by atoms with van der Waals surface area (Å²) in [5, 5.41) is 0. The molecular weight excluding hydrogens is 322 g/mol. The topological polar surface area (TPSA) is 66.3 Å². The van der Waals surface area contributed by atoms with Gasteiger partial charge in [0, 0.05) is 11.1 Å². The first kappa shape index (κ1) is 16.6. The second-order valence-corrected chi connectivity index (χ2v) is 5.15. The number of ether oxygens (including phenoxy) is 4. The quantitative estimate of drug-likeness (QED) is 0.619. The molecule has 1 aliphatic rings. The van der Waals surface area contributed by atoms with Crippen LogP contribution in [-0.2, 0) is 9.53 Å². The SMILES string of the molecule is COc1cccc(C2=NC(=Cc3cccc(OC)c3OC)C(=O)O2)c1. The number of esters is 1. The summed E-state index contributed by atoms with van der Waals surface area (Å²) >= 11 is 0. The van der Waals surface area contributed by atoms with Gasteiger partial charge >= 0.3 is 5.97 Å². The molecular formula is C19H17NO5. The zero-order valence-electron chi connectivity index (χ0n) is 14.1. The molecule has 0 aliphatic carbocycles. The Balaban J connectivity index is 1.99. The first-order valence-corrected chi connectivity index (χ1v) is 7.54. The number of carbonyl (C=O) groups excluding carboxylic acids is 1. The Kier molecular flexibility index (Phi) is 4.70. The largest absolute Gasteiger partial charge is 0.497 e. The molecule has 0 spiro atoms. The van der Waals surface area contributed by atoms with E-state index in [2.05, 4.69) is 4.99 Å². The summed E-state index contributed by atoms with van der Waals surface area (Å²) < 4.78 is 21.1. The van der Waals surface area contributed by atoms with Gasteiger partial charge in [-0.15, -0.1) is 0 Å². The fourth-order valence-corrected chi connectivity index (χ4v) is 2.46. The Hall–Kier alpha value is -3.28. The second-order valence-electron chi connectivity index (χ2n) is 5.15. The fourth-order valence-electron chi connectivity index (χ4n) is 2.46. The molecule has 0 aromatic heterocycles. The van der Waals surface area contributed by atoms with Crippen LogP contribution in [0.1, 0.15) is 11.1 Å². The van der Waals surface area contributed by atoms with Crippen LogP contribution in [-0.4, -0.2) is 33.2 Å². The van der Waals surface area contributed by atoms with Crippen molar-refractivity contribution in [1.29, 1.82) is 0 Å². The van der Waals surface area contributed by atoms with Crippen LogP contribution in [0.3, 0.4) is 0 Å². The van der Waals surface area contributed by atoms with Crippen molar-refractivity contribution in [1.82, 2.24) is 0 Å². The molecule has 3 rings (SSSR count). The van der Waals surface area contributed by atoms with Gasteiger partial charge in [-0.1, -0.05) is 18.2 Å². The van der Waals surface area contributed by atoms with Crippen molar-refractivity contribution >= 4 is 17.9 Å². The van der Waals surface area contributed by atoms with E-state index in [0.29, 0.717) is 28.4 Å². The van der Waals surface area contributed by atoms with Crippen LogP contribution in [0.4, 0.5) is 0 Å². The second kappa shape index (κ2) is 7.09. The number of methoxy groups -OCH3 is 3. The van der Waals surface area contributed by atoms with Crippen LogP contribution >= 0.6 is 0 Å². The average Bonchev–Trinajstić information content (AvgIpc) is 3.02. The summed E-state index contributed by atoms with van der Waals surface area (Å²) in [5.41, 5.74) is 1.52. The van der Waals surface area contributed by atoms with Crippen LogP contribution in [0, 0.1) is 0 Å². The molecule has 0 amide bonds. The molecule has 0 atom stereocenters. The summed E-state index contributed by atoms with van der Waals surface area (Å²) in [6.07, 6.45) is 1.61. The summed E-state index contributed by atoms with van der Waals surface area (Å²) in [7, 11) is 4.66. The highest BCUT2D eigenvalue weighted by Gasteiger charge is 2.25. The first-order valence-electron chi connectivity index (χ1n) is 7.54. The molecule has 0 saturated carbocycles. The van der Waals surface area contributed by atoms with Gasteiger partial charge in [-0.25, -0.2) is 9.79 Å². The van der Waals surface area contributed by atoms with Gasteiger partial charge in [0.15, 0.2) is 17.2 Å². The maximum Gasteiger partial charge on any atom is 0.363 e. The fraction of sp³-hybridized carbons (Fsp3) is 0.158. The molecule has 0 saturated heterocycles. The van der Waals surface area contributed by atoms with E-state index >= 15 is 0 Å². The zero-order valence-corrected chi connectivity index (χ0v) is 14.1. The minimum Gasteiger partial charge on any atom is -0.497 e. The van der Waals surface area contributed by atoms with Gasteiger partial charge in [0.2, 0.25) is 5.90 Å². The molecule has 1 heterocycles. The maximum absolute atomic E-state index is 12.2. The highest BCUT2D eigenvalue weighted by molar-refractivity contribution is 6.13. The van der Waals surface area contributed by atoms with Gasteiger partial charge in [-0.3, -0.25) is 0 Å². The van der Waals surface area contributed by atoms with Crippen molar-refractivity contribution in [3.8, 4) is 17.2 Å². The molecule has 0 fully saturated rings. The lowest BCUT2D eigenvalue weighted by Gasteiger charge is -2.09. The van der Waals surface area contributed by atoms with Crippen molar-refractivity contribution in [2.45, 2.75) is 0 Å². The van der Waals surface area contributed by atoms with Gasteiger partial charge in [-0.05, 0) is 30.3 Å². The molecule has 0 unspecified atom stereocenters. The van der Waals surface area contributed by atoms with Gasteiger partial charge < -0.3 is 18.9 Å². The number of benzene rings is 2. The Labute approximate surface area is 145 Å². The molecule has 6 nitrogen and oxygen atoms in total. The molecule has 2 aromatic carbocycles. The summed E-state index contributed by atoms with van der Waals surface area (Å²) in [4.78, 5) is 16.5. The number of rotatable bonds is 5. The van der Waals surface area contributed by atoms with Gasteiger partial charge in [0.1, 0.15) is 5.75 Å². The predicted molar refractivity (Wildman–Crippen MR) is 93.1 cm³/mol. The Morgan fingerprint density at radius 3 is 2.52 bits per heavy atom. The van der Waals surface area contributed by atoms with Crippen LogP contribution in [0.2, 0.25) is 0 Å². The minimum absolute atomic E-state index is 0.185. The van der Waals surface area contributed by atoms with E-state index in [0.717, 1.165) is 0 Å². The molecule has 128 valence electrons. The third-order valence-electron chi connectivity index (χ3n) is 3.66. The van der Waals surface area contributed by atoms with Gasteiger partial charge in [0.05, 0.1) is 21.3 Å². The molecule has 2 aromatic rings. The molecule has 25 heavy (non-hydrogen) atoms. The third-order valence-corrected chi connectivity index (χ3v) is 3.66. The van der Waals surface area contributed by atoms with Crippen molar-refractivity contribution in [3.05, 3.63) is 59.3 Å². The molecule has 6 heteroatoms. The van der Waals surface area contributed by atoms with Crippen LogP contribution in [0.5, 0.6) is 17.2 Å². The van der Waals surface area contributed by atoms with Crippen LogP contribution in [0.25, 0.3) is 6.08 Å².